The van der Waals surface area contributed by atoms with Crippen molar-refractivity contribution in [3.8, 4) is 0 Å². The predicted molar refractivity (Wildman–Crippen MR) is 255 cm³/mol. The third-order valence-corrected chi connectivity index (χ3v) is 12.6. The van der Waals surface area contributed by atoms with Gasteiger partial charge in [0.25, 0.3) is 0 Å². The largest absolute Gasteiger partial charge is 0.394 e. The van der Waals surface area contributed by atoms with Crippen LogP contribution >= 0.6 is 0 Å². The van der Waals surface area contributed by atoms with Gasteiger partial charge in [-0.05, 0) is 38.5 Å². The van der Waals surface area contributed by atoms with Gasteiger partial charge in [-0.3, -0.25) is 4.79 Å². The van der Waals surface area contributed by atoms with Crippen molar-refractivity contribution in [2.75, 3.05) is 6.61 Å². The van der Waals surface area contributed by atoms with E-state index in [1.165, 1.54) is 231 Å². The van der Waals surface area contributed by atoms with Gasteiger partial charge in [-0.25, -0.2) is 0 Å². The Morgan fingerprint density at radius 2 is 0.690 bits per heavy atom. The van der Waals surface area contributed by atoms with E-state index in [9.17, 15) is 20.1 Å². The molecule has 0 rings (SSSR count). The predicted octanol–water partition coefficient (Wildman–Crippen LogP) is 15.9. The smallest absolute Gasteiger partial charge is 0.220 e. The molecule has 0 aliphatic carbocycles. The molecule has 0 aromatic rings. The lowest BCUT2D eigenvalue weighted by Crippen LogP contribution is -2.50. The number of allylic oxidation sites excluding steroid dienone is 2. The molecule has 3 unspecified atom stereocenters. The van der Waals surface area contributed by atoms with E-state index in [4.69, 9.17) is 0 Å². The van der Waals surface area contributed by atoms with Crippen LogP contribution in [0.4, 0.5) is 0 Å². The summed E-state index contributed by atoms with van der Waals surface area (Å²) in [4.78, 5) is 12.5. The zero-order chi connectivity index (χ0) is 42.3. The summed E-state index contributed by atoms with van der Waals surface area (Å²) in [6.45, 7) is 4.21. The van der Waals surface area contributed by atoms with Crippen LogP contribution in [0.1, 0.15) is 296 Å². The molecule has 0 spiro atoms. The van der Waals surface area contributed by atoms with Gasteiger partial charge in [-0.1, -0.05) is 264 Å². The summed E-state index contributed by atoms with van der Waals surface area (Å²) < 4.78 is 0. The molecule has 0 saturated heterocycles. The summed E-state index contributed by atoms with van der Waals surface area (Å²) in [5, 5.41) is 33.7. The highest BCUT2D eigenvalue weighted by atomic mass is 16.3. The van der Waals surface area contributed by atoms with Gasteiger partial charge in [0.15, 0.2) is 0 Å². The maximum atomic E-state index is 12.5. The van der Waals surface area contributed by atoms with E-state index in [1.807, 2.05) is 0 Å². The molecule has 5 nitrogen and oxygen atoms in total. The van der Waals surface area contributed by atoms with Crippen molar-refractivity contribution in [1.29, 1.82) is 0 Å². The van der Waals surface area contributed by atoms with Gasteiger partial charge in [-0.2, -0.15) is 0 Å². The molecule has 0 aliphatic heterocycles. The van der Waals surface area contributed by atoms with E-state index in [0.717, 1.165) is 38.5 Å². The number of aliphatic hydroxyl groups excluding tert-OH is 3. The second kappa shape index (κ2) is 48.8. The highest BCUT2D eigenvalue weighted by Crippen LogP contribution is 2.17. The molecule has 58 heavy (non-hydrogen) atoms. The molecular formula is C53H105NO4. The van der Waals surface area contributed by atoms with Crippen molar-refractivity contribution in [3.63, 3.8) is 0 Å². The zero-order valence-electron chi connectivity index (χ0n) is 39.5. The lowest BCUT2D eigenvalue weighted by atomic mass is 10.0. The van der Waals surface area contributed by atoms with Crippen LogP contribution in [0.2, 0.25) is 0 Å². The fourth-order valence-corrected chi connectivity index (χ4v) is 8.52. The number of rotatable bonds is 49. The third kappa shape index (κ3) is 43.2. The first-order valence-corrected chi connectivity index (χ1v) is 26.5. The SMILES string of the molecule is CCCCCCCCCCCCCCCCC/C=C/CCCC(O)C(O)C(CO)NC(=O)CCCCCCCCCCCCCCCCCCCCCCCCCC. The van der Waals surface area contributed by atoms with Crippen molar-refractivity contribution in [2.45, 2.75) is 315 Å². The Balaban J connectivity index is 3.55. The molecule has 4 N–H and O–H groups in total. The number of unbranched alkanes of at least 4 members (excludes halogenated alkanes) is 39. The fourth-order valence-electron chi connectivity index (χ4n) is 8.52. The lowest BCUT2D eigenvalue weighted by molar-refractivity contribution is -0.124. The maximum absolute atomic E-state index is 12.5. The molecular weight excluding hydrogens is 715 g/mol. The van der Waals surface area contributed by atoms with Gasteiger partial charge in [0.05, 0.1) is 18.8 Å². The monoisotopic (exact) mass is 820 g/mol. The fraction of sp³-hybridized carbons (Fsp3) is 0.943. The first-order chi connectivity index (χ1) is 28.6. The second-order valence-corrected chi connectivity index (χ2v) is 18.4. The Labute approximate surface area is 363 Å². The van der Waals surface area contributed by atoms with Crippen LogP contribution in [-0.4, -0.2) is 46.1 Å². The average molecular weight is 820 g/mol. The summed E-state index contributed by atoms with van der Waals surface area (Å²) in [5.74, 6) is -0.147. The number of hydrogen-bond acceptors (Lipinski definition) is 4. The van der Waals surface area contributed by atoms with Gasteiger partial charge in [-0.15, -0.1) is 0 Å². The highest BCUT2D eigenvalue weighted by molar-refractivity contribution is 5.76. The Morgan fingerprint density at radius 1 is 0.414 bits per heavy atom. The first-order valence-electron chi connectivity index (χ1n) is 26.5. The molecule has 0 bridgehead atoms. The van der Waals surface area contributed by atoms with Crippen LogP contribution < -0.4 is 5.32 Å². The molecule has 0 heterocycles. The molecule has 3 atom stereocenters. The molecule has 346 valence electrons. The number of aliphatic hydroxyl groups is 3. The molecule has 0 aromatic carbocycles. The van der Waals surface area contributed by atoms with Gasteiger partial charge >= 0.3 is 0 Å². The molecule has 5 heteroatoms. The van der Waals surface area contributed by atoms with Crippen molar-refractivity contribution >= 4 is 5.91 Å². The molecule has 1 amide bonds. The molecule has 0 saturated carbocycles. The highest BCUT2D eigenvalue weighted by Gasteiger charge is 2.26. The topological polar surface area (TPSA) is 89.8 Å². The van der Waals surface area contributed by atoms with E-state index in [-0.39, 0.29) is 12.5 Å². The Bertz CT molecular complexity index is 818. The second-order valence-electron chi connectivity index (χ2n) is 18.4. The van der Waals surface area contributed by atoms with Crippen molar-refractivity contribution in [3.05, 3.63) is 12.2 Å². The maximum Gasteiger partial charge on any atom is 0.220 e. The number of nitrogens with one attached hydrogen (secondary N) is 1. The minimum Gasteiger partial charge on any atom is -0.394 e. The van der Waals surface area contributed by atoms with Crippen molar-refractivity contribution in [1.82, 2.24) is 5.32 Å². The van der Waals surface area contributed by atoms with Gasteiger partial charge in [0.2, 0.25) is 5.91 Å². The molecule has 0 aromatic heterocycles. The summed E-state index contributed by atoms with van der Waals surface area (Å²) in [6, 6.07) is -0.822. The number of hydrogen-bond donors (Lipinski definition) is 4. The van der Waals surface area contributed by atoms with E-state index < -0.39 is 18.2 Å². The Morgan fingerprint density at radius 3 is 1.00 bits per heavy atom. The van der Waals surface area contributed by atoms with Crippen molar-refractivity contribution in [2.24, 2.45) is 0 Å². The summed E-state index contributed by atoms with van der Waals surface area (Å²) >= 11 is 0. The quantitative estimate of drug-likeness (QED) is 0.0364. The van der Waals surface area contributed by atoms with Gasteiger partial charge in [0.1, 0.15) is 6.10 Å². The molecule has 0 aliphatic rings. The van der Waals surface area contributed by atoms with Crippen LogP contribution in [0, 0.1) is 0 Å². The number of carbonyl (C=O) groups is 1. The van der Waals surface area contributed by atoms with Gasteiger partial charge in [0, 0.05) is 6.42 Å². The van der Waals surface area contributed by atoms with E-state index >= 15 is 0 Å². The van der Waals surface area contributed by atoms with Crippen LogP contribution in [0.3, 0.4) is 0 Å². The van der Waals surface area contributed by atoms with Crippen LogP contribution in [0.5, 0.6) is 0 Å². The van der Waals surface area contributed by atoms with E-state index in [2.05, 4.69) is 31.3 Å². The third-order valence-electron chi connectivity index (χ3n) is 12.6. The summed E-state index contributed by atoms with van der Waals surface area (Å²) in [7, 11) is 0. The molecule has 0 fully saturated rings. The normalized spacial score (nSPS) is 13.4. The minimum absolute atomic E-state index is 0.147. The minimum atomic E-state index is -1.16. The zero-order valence-corrected chi connectivity index (χ0v) is 39.5. The van der Waals surface area contributed by atoms with Crippen LogP contribution in [0.15, 0.2) is 12.2 Å². The van der Waals surface area contributed by atoms with Crippen LogP contribution in [-0.2, 0) is 4.79 Å². The Hall–Kier alpha value is -0.910. The Kier molecular flexibility index (Phi) is 48.0. The number of amides is 1. The number of carbonyl (C=O) groups excluding carboxylic acids is 1. The van der Waals surface area contributed by atoms with Crippen molar-refractivity contribution < 1.29 is 20.1 Å². The summed E-state index contributed by atoms with van der Waals surface area (Å²) in [6.07, 6.45) is 59.3. The van der Waals surface area contributed by atoms with Crippen LogP contribution in [0.25, 0.3) is 0 Å². The first kappa shape index (κ1) is 57.1. The summed E-state index contributed by atoms with van der Waals surface area (Å²) in [5.41, 5.74) is 0. The van der Waals surface area contributed by atoms with E-state index in [0.29, 0.717) is 12.8 Å². The van der Waals surface area contributed by atoms with E-state index in [1.54, 1.807) is 0 Å². The van der Waals surface area contributed by atoms with Gasteiger partial charge < -0.3 is 20.6 Å². The lowest BCUT2D eigenvalue weighted by Gasteiger charge is -2.26. The average Bonchev–Trinajstić information content (AvgIpc) is 3.23. The molecule has 0 radical (unpaired) electrons. The standard InChI is InChI=1S/C53H105NO4/c1-3-5-7-9-11-13-15-17-19-21-23-25-26-27-28-30-32-34-36-38-40-42-44-46-48-52(57)54-50(49-55)53(58)51(56)47-45-43-41-39-37-35-33-31-29-24-22-20-18-16-14-12-10-8-6-4-2/h39,41,50-51,53,55-56,58H,3-38,40,42-49H2,1-2H3,(H,54,57)/b41-39+.